The summed E-state index contributed by atoms with van der Waals surface area (Å²) in [5, 5.41) is 0. The largest absolute Gasteiger partial charge is 0.465 e. The zero-order valence-electron chi connectivity index (χ0n) is 33.9. The van der Waals surface area contributed by atoms with Crippen molar-refractivity contribution in [3.05, 3.63) is 85.0 Å². The van der Waals surface area contributed by atoms with Crippen molar-refractivity contribution in [2.45, 2.75) is 90.3 Å². The quantitative estimate of drug-likeness (QED) is 0.0586. The maximum atomic E-state index is 12.9. The van der Waals surface area contributed by atoms with Crippen molar-refractivity contribution in [1.82, 2.24) is 0 Å². The fourth-order valence-corrected chi connectivity index (χ4v) is 5.68. The van der Waals surface area contributed by atoms with Gasteiger partial charge in [0.05, 0.1) is 50.7 Å². The van der Waals surface area contributed by atoms with Gasteiger partial charge in [0.2, 0.25) is 0 Å². The molecular weight excluding hydrogens is 784 g/mol. The molecule has 0 spiro atoms. The maximum Gasteiger partial charge on any atom is 0.330 e. The van der Waals surface area contributed by atoms with Crippen molar-refractivity contribution in [2.24, 2.45) is 11.8 Å². The van der Waals surface area contributed by atoms with Gasteiger partial charge in [-0.2, -0.15) is 0 Å². The summed E-state index contributed by atoms with van der Waals surface area (Å²) in [6.45, 7) is 9.58. The first-order valence-electron chi connectivity index (χ1n) is 19.6. The van der Waals surface area contributed by atoms with Crippen molar-refractivity contribution in [2.75, 3.05) is 26.4 Å². The lowest BCUT2D eigenvalue weighted by molar-refractivity contribution is -0.157. The minimum atomic E-state index is -0.673. The molecule has 324 valence electrons. The molecule has 2 atom stereocenters. The molecule has 2 aromatic carbocycles. The van der Waals surface area contributed by atoms with Gasteiger partial charge in [-0.1, -0.05) is 37.4 Å². The van der Waals surface area contributed by atoms with Gasteiger partial charge in [0.25, 0.3) is 0 Å². The van der Waals surface area contributed by atoms with Crippen LogP contribution in [0.2, 0.25) is 0 Å². The summed E-state index contributed by atoms with van der Waals surface area (Å²) < 4.78 is 41.3. The molecule has 0 N–H and O–H groups in total. The van der Waals surface area contributed by atoms with Gasteiger partial charge in [-0.3, -0.25) is 28.8 Å². The molecule has 0 bridgehead atoms. The van der Waals surface area contributed by atoms with Crippen LogP contribution in [0.5, 0.6) is 11.5 Å². The second kappa shape index (κ2) is 25.9. The van der Waals surface area contributed by atoms with Crippen molar-refractivity contribution >= 4 is 47.8 Å². The molecule has 1 saturated carbocycles. The van der Waals surface area contributed by atoms with Crippen LogP contribution >= 0.6 is 0 Å². The van der Waals surface area contributed by atoms with Gasteiger partial charge in [0, 0.05) is 25.0 Å². The zero-order chi connectivity index (χ0) is 43.9. The molecule has 0 heterocycles. The van der Waals surface area contributed by atoms with E-state index in [1.807, 2.05) is 0 Å². The molecule has 16 heteroatoms. The molecule has 1 aliphatic rings. The summed E-state index contributed by atoms with van der Waals surface area (Å²) in [4.78, 5) is 95.9. The Morgan fingerprint density at radius 3 is 1.20 bits per heavy atom. The Balaban J connectivity index is 1.27. The minimum absolute atomic E-state index is 0.0856. The third-order valence-corrected chi connectivity index (χ3v) is 8.97. The average Bonchev–Trinajstić information content (AvgIpc) is 3.24. The Hall–Kier alpha value is -6.32. The molecule has 0 aliphatic heterocycles. The molecule has 16 nitrogen and oxygen atoms in total. The van der Waals surface area contributed by atoms with E-state index in [0.717, 1.165) is 23.3 Å². The molecule has 0 saturated heterocycles. The van der Waals surface area contributed by atoms with Crippen molar-refractivity contribution in [3.8, 4) is 11.5 Å². The first-order chi connectivity index (χ1) is 28.7. The van der Waals surface area contributed by atoms with Crippen LogP contribution in [0.3, 0.4) is 0 Å². The average molecular weight is 837 g/mol. The molecule has 1 fully saturated rings. The standard InChI is InChI=1S/C44H52O16/c1-5-37(45)55-27-29(3)57-41(49)21-19-39(47)53-25-23-31-7-15-35(16-8-31)59-43(51)33-11-13-34(14-12-33)44(52)60-36-17-9-32(10-18-36)24-26-54-40(48)20-22-42(50)58-30(4)28-56-38(46)6-2/h5-10,15-18,29-30,33-34H,1-2,11-14,19-28H2,3-4H3/t29-,30-,33?,34?/m0/s1. The van der Waals surface area contributed by atoms with E-state index in [1.165, 1.54) is 0 Å². The molecule has 3 rings (SSSR count). The first-order valence-corrected chi connectivity index (χ1v) is 19.6. The first kappa shape index (κ1) is 48.1. The molecular formula is C44H52O16. The Labute approximate surface area is 348 Å². The maximum absolute atomic E-state index is 12.9. The van der Waals surface area contributed by atoms with Crippen molar-refractivity contribution in [1.29, 1.82) is 0 Å². The van der Waals surface area contributed by atoms with Gasteiger partial charge in [-0.25, -0.2) is 9.59 Å². The van der Waals surface area contributed by atoms with E-state index in [1.54, 1.807) is 62.4 Å². The fraction of sp³-hybridized carbons (Fsp3) is 0.455. The number of rotatable bonds is 24. The second-order valence-electron chi connectivity index (χ2n) is 13.9. The van der Waals surface area contributed by atoms with Crippen LogP contribution in [0, 0.1) is 11.8 Å². The molecule has 0 aromatic heterocycles. The highest BCUT2D eigenvalue weighted by atomic mass is 16.6. The van der Waals surface area contributed by atoms with Crippen LogP contribution in [0.1, 0.15) is 76.3 Å². The molecule has 0 amide bonds. The van der Waals surface area contributed by atoms with Gasteiger partial charge in [-0.05, 0) is 74.9 Å². The lowest BCUT2D eigenvalue weighted by Gasteiger charge is -2.25. The van der Waals surface area contributed by atoms with Gasteiger partial charge in [0.15, 0.2) is 0 Å². The van der Waals surface area contributed by atoms with Crippen LogP contribution in [-0.4, -0.2) is 86.4 Å². The molecule has 1 aliphatic carbocycles. The van der Waals surface area contributed by atoms with E-state index in [-0.39, 0.29) is 75.9 Å². The molecule has 0 radical (unpaired) electrons. The summed E-state index contributed by atoms with van der Waals surface area (Å²) in [5.41, 5.74) is 1.68. The van der Waals surface area contributed by atoms with Crippen LogP contribution in [0.15, 0.2) is 73.8 Å². The fourth-order valence-electron chi connectivity index (χ4n) is 5.68. The molecule has 60 heavy (non-hydrogen) atoms. The Kier molecular flexibility index (Phi) is 20.8. The van der Waals surface area contributed by atoms with E-state index in [0.29, 0.717) is 50.0 Å². The zero-order valence-corrected chi connectivity index (χ0v) is 33.9. The summed E-state index contributed by atoms with van der Waals surface area (Å²) in [5.74, 6) is -4.39. The van der Waals surface area contributed by atoms with E-state index in [4.69, 9.17) is 37.9 Å². The summed E-state index contributed by atoms with van der Waals surface area (Å²) in [6.07, 6.45) is 2.64. The number of carbonyl (C=O) groups is 8. The third-order valence-electron chi connectivity index (χ3n) is 8.97. The highest BCUT2D eigenvalue weighted by Crippen LogP contribution is 2.31. The van der Waals surface area contributed by atoms with Crippen LogP contribution in [-0.2, 0) is 79.6 Å². The van der Waals surface area contributed by atoms with Crippen LogP contribution < -0.4 is 9.47 Å². The smallest absolute Gasteiger partial charge is 0.330 e. The normalized spacial score (nSPS) is 15.4. The topological polar surface area (TPSA) is 210 Å². The van der Waals surface area contributed by atoms with E-state index >= 15 is 0 Å². The lowest BCUT2D eigenvalue weighted by Crippen LogP contribution is -2.30. The van der Waals surface area contributed by atoms with Gasteiger partial charge in [0.1, 0.15) is 36.9 Å². The predicted octanol–water partition coefficient (Wildman–Crippen LogP) is 5.06. The highest BCUT2D eigenvalue weighted by Gasteiger charge is 2.32. The van der Waals surface area contributed by atoms with Crippen LogP contribution in [0.4, 0.5) is 0 Å². The predicted molar refractivity (Wildman–Crippen MR) is 211 cm³/mol. The van der Waals surface area contributed by atoms with E-state index < -0.39 is 48.0 Å². The lowest BCUT2D eigenvalue weighted by atomic mass is 9.82. The van der Waals surface area contributed by atoms with Crippen LogP contribution in [0.25, 0.3) is 0 Å². The van der Waals surface area contributed by atoms with E-state index in [9.17, 15) is 38.4 Å². The summed E-state index contributed by atoms with van der Waals surface area (Å²) >= 11 is 0. The highest BCUT2D eigenvalue weighted by molar-refractivity contribution is 5.82. The minimum Gasteiger partial charge on any atom is -0.465 e. The van der Waals surface area contributed by atoms with Crippen molar-refractivity contribution < 1.29 is 76.3 Å². The van der Waals surface area contributed by atoms with Crippen molar-refractivity contribution in [3.63, 3.8) is 0 Å². The van der Waals surface area contributed by atoms with Gasteiger partial charge < -0.3 is 37.9 Å². The second-order valence-corrected chi connectivity index (χ2v) is 13.9. The number of benzene rings is 2. The summed E-state index contributed by atoms with van der Waals surface area (Å²) in [6, 6.07) is 13.6. The Morgan fingerprint density at radius 1 is 0.533 bits per heavy atom. The van der Waals surface area contributed by atoms with E-state index in [2.05, 4.69) is 13.2 Å². The molecule has 0 unspecified atom stereocenters. The molecule has 2 aromatic rings. The number of hydrogen-bond donors (Lipinski definition) is 0. The number of carbonyl (C=O) groups excluding carboxylic acids is 8. The number of esters is 8. The van der Waals surface area contributed by atoms with Gasteiger partial charge in [-0.15, -0.1) is 0 Å². The number of hydrogen-bond acceptors (Lipinski definition) is 16. The third kappa shape index (κ3) is 19.0. The summed E-state index contributed by atoms with van der Waals surface area (Å²) in [7, 11) is 0. The Bertz CT molecular complexity index is 1660. The van der Waals surface area contributed by atoms with Gasteiger partial charge >= 0.3 is 47.8 Å². The Morgan fingerprint density at radius 2 is 0.867 bits per heavy atom. The number of ether oxygens (including phenoxy) is 8. The SMILES string of the molecule is C=CC(=O)OC[C@H](C)OC(=O)CCC(=O)OCCc1ccc(OC(=O)C2CCC(C(=O)Oc3ccc(CCOC(=O)CCC(=O)O[C@@H](C)COC(=O)C=C)cc3)CC2)cc1. The monoisotopic (exact) mass is 836 g/mol.